The van der Waals surface area contributed by atoms with E-state index in [4.69, 9.17) is 4.74 Å². The molecular weight excluding hydrogens is 221 g/mol. The fraction of sp³-hybridized carbons (Fsp3) is 0.462. The van der Waals surface area contributed by atoms with E-state index in [9.17, 15) is 9.18 Å². The van der Waals surface area contributed by atoms with Gasteiger partial charge >= 0.3 is 5.97 Å². The van der Waals surface area contributed by atoms with E-state index in [0.717, 1.165) is 5.56 Å². The topological polar surface area (TPSA) is 29.5 Å². The minimum atomic E-state index is -0.942. The average molecular weight is 237 g/mol. The SMILES string of the molecule is COC(=O)[C@@H]1C[C@@H](F)CN1Cc1ccccc1. The zero-order chi connectivity index (χ0) is 12.3. The molecule has 0 saturated carbocycles. The Morgan fingerprint density at radius 1 is 1.47 bits per heavy atom. The largest absolute Gasteiger partial charge is 0.468 e. The number of halogens is 1. The minimum Gasteiger partial charge on any atom is -0.468 e. The molecule has 0 aromatic heterocycles. The number of alkyl halides is 1. The van der Waals surface area contributed by atoms with Crippen LogP contribution in [0.2, 0.25) is 0 Å². The molecule has 92 valence electrons. The summed E-state index contributed by atoms with van der Waals surface area (Å²) in [6.07, 6.45) is -0.706. The molecule has 1 saturated heterocycles. The predicted octanol–water partition coefficient (Wildman–Crippen LogP) is 1.77. The van der Waals surface area contributed by atoms with E-state index in [0.29, 0.717) is 13.1 Å². The molecule has 0 aliphatic carbocycles. The second kappa shape index (κ2) is 5.27. The van der Waals surface area contributed by atoms with E-state index in [1.165, 1.54) is 7.11 Å². The van der Waals surface area contributed by atoms with Gasteiger partial charge in [0.15, 0.2) is 0 Å². The van der Waals surface area contributed by atoms with Gasteiger partial charge in [0.2, 0.25) is 0 Å². The summed E-state index contributed by atoms with van der Waals surface area (Å²) in [4.78, 5) is 13.4. The highest BCUT2D eigenvalue weighted by Crippen LogP contribution is 2.23. The third-order valence-electron chi connectivity index (χ3n) is 3.05. The summed E-state index contributed by atoms with van der Waals surface area (Å²) in [7, 11) is 1.34. The van der Waals surface area contributed by atoms with Crippen LogP contribution in [0, 0.1) is 0 Å². The standard InChI is InChI=1S/C13H16FNO2/c1-17-13(16)12-7-11(14)9-15(12)8-10-5-3-2-4-6-10/h2-6,11-12H,7-9H2,1H3/t11-,12+/m1/s1. The van der Waals surface area contributed by atoms with Gasteiger partial charge in [-0.2, -0.15) is 0 Å². The molecule has 4 heteroatoms. The highest BCUT2D eigenvalue weighted by Gasteiger charge is 2.37. The molecule has 3 nitrogen and oxygen atoms in total. The first-order chi connectivity index (χ1) is 8.20. The summed E-state index contributed by atoms with van der Waals surface area (Å²) in [5.41, 5.74) is 1.08. The van der Waals surface area contributed by atoms with Crippen molar-refractivity contribution in [3.63, 3.8) is 0 Å². The van der Waals surface area contributed by atoms with Gasteiger partial charge in [-0.3, -0.25) is 9.69 Å². The van der Waals surface area contributed by atoms with Gasteiger partial charge in [0.25, 0.3) is 0 Å². The van der Waals surface area contributed by atoms with Crippen LogP contribution in [0.1, 0.15) is 12.0 Å². The van der Waals surface area contributed by atoms with Gasteiger partial charge in [-0.15, -0.1) is 0 Å². The molecule has 0 spiro atoms. The molecule has 0 bridgehead atoms. The van der Waals surface area contributed by atoms with E-state index in [1.807, 2.05) is 35.2 Å². The number of methoxy groups -OCH3 is 1. The van der Waals surface area contributed by atoms with Gasteiger partial charge in [-0.1, -0.05) is 30.3 Å². The van der Waals surface area contributed by atoms with Crippen LogP contribution in [0.3, 0.4) is 0 Å². The lowest BCUT2D eigenvalue weighted by molar-refractivity contribution is -0.146. The van der Waals surface area contributed by atoms with Crippen LogP contribution < -0.4 is 0 Å². The van der Waals surface area contributed by atoms with Crippen LogP contribution >= 0.6 is 0 Å². The summed E-state index contributed by atoms with van der Waals surface area (Å²) in [5, 5.41) is 0. The first-order valence-corrected chi connectivity index (χ1v) is 5.70. The zero-order valence-electron chi connectivity index (χ0n) is 9.80. The second-order valence-corrected chi connectivity index (χ2v) is 4.29. The lowest BCUT2D eigenvalue weighted by Gasteiger charge is -2.21. The highest BCUT2D eigenvalue weighted by atomic mass is 19.1. The minimum absolute atomic E-state index is 0.236. The molecule has 1 aromatic rings. The van der Waals surface area contributed by atoms with Gasteiger partial charge < -0.3 is 4.74 Å². The lowest BCUT2D eigenvalue weighted by atomic mass is 10.2. The van der Waals surface area contributed by atoms with Crippen molar-refractivity contribution in [3.8, 4) is 0 Å². The number of hydrogen-bond acceptors (Lipinski definition) is 3. The number of carbonyl (C=O) groups is 1. The Kier molecular flexibility index (Phi) is 3.74. The number of benzene rings is 1. The summed E-state index contributed by atoms with van der Waals surface area (Å²) in [6, 6.07) is 9.30. The Balaban J connectivity index is 2.06. The van der Waals surface area contributed by atoms with Crippen molar-refractivity contribution < 1.29 is 13.9 Å². The van der Waals surface area contributed by atoms with E-state index < -0.39 is 12.2 Å². The molecular formula is C13H16FNO2. The average Bonchev–Trinajstić information content (AvgIpc) is 2.70. The van der Waals surface area contributed by atoms with Crippen LogP contribution in [0.5, 0.6) is 0 Å². The van der Waals surface area contributed by atoms with Crippen molar-refractivity contribution >= 4 is 5.97 Å². The fourth-order valence-corrected chi connectivity index (χ4v) is 2.22. The van der Waals surface area contributed by atoms with Crippen LogP contribution in [0.15, 0.2) is 30.3 Å². The van der Waals surface area contributed by atoms with Crippen LogP contribution in [0.25, 0.3) is 0 Å². The molecule has 1 heterocycles. The maximum atomic E-state index is 13.4. The van der Waals surface area contributed by atoms with Gasteiger partial charge in [0.1, 0.15) is 12.2 Å². The number of likely N-dealkylation sites (tertiary alicyclic amines) is 1. The molecule has 0 amide bonds. The fourth-order valence-electron chi connectivity index (χ4n) is 2.22. The molecule has 1 fully saturated rings. The smallest absolute Gasteiger partial charge is 0.323 e. The van der Waals surface area contributed by atoms with Gasteiger partial charge in [0, 0.05) is 19.5 Å². The molecule has 0 radical (unpaired) electrons. The number of ether oxygens (including phenoxy) is 1. The van der Waals surface area contributed by atoms with Crippen LogP contribution in [-0.2, 0) is 16.1 Å². The molecule has 1 aliphatic rings. The van der Waals surface area contributed by atoms with Crippen molar-refractivity contribution in [3.05, 3.63) is 35.9 Å². The van der Waals surface area contributed by atoms with Crippen molar-refractivity contribution in [1.82, 2.24) is 4.90 Å². The van der Waals surface area contributed by atoms with Crippen LogP contribution in [0.4, 0.5) is 4.39 Å². The number of esters is 1. The molecule has 1 aliphatic heterocycles. The van der Waals surface area contributed by atoms with Crippen molar-refractivity contribution in [2.75, 3.05) is 13.7 Å². The third-order valence-corrected chi connectivity index (χ3v) is 3.05. The zero-order valence-corrected chi connectivity index (χ0v) is 9.80. The Hall–Kier alpha value is -1.42. The molecule has 17 heavy (non-hydrogen) atoms. The van der Waals surface area contributed by atoms with Gasteiger partial charge in [0.05, 0.1) is 7.11 Å². The third kappa shape index (κ3) is 2.82. The maximum Gasteiger partial charge on any atom is 0.323 e. The van der Waals surface area contributed by atoms with Gasteiger partial charge in [-0.25, -0.2) is 4.39 Å². The van der Waals surface area contributed by atoms with Crippen molar-refractivity contribution in [1.29, 1.82) is 0 Å². The molecule has 1 aromatic carbocycles. The van der Waals surface area contributed by atoms with E-state index in [1.54, 1.807) is 0 Å². The maximum absolute atomic E-state index is 13.4. The summed E-state index contributed by atoms with van der Waals surface area (Å²) >= 11 is 0. The Morgan fingerprint density at radius 3 is 2.82 bits per heavy atom. The summed E-state index contributed by atoms with van der Waals surface area (Å²) < 4.78 is 18.1. The normalized spacial score (nSPS) is 24.8. The number of hydrogen-bond donors (Lipinski definition) is 0. The first-order valence-electron chi connectivity index (χ1n) is 5.70. The van der Waals surface area contributed by atoms with Crippen molar-refractivity contribution in [2.24, 2.45) is 0 Å². The number of nitrogens with zero attached hydrogens (tertiary/aromatic N) is 1. The monoisotopic (exact) mass is 237 g/mol. The van der Waals surface area contributed by atoms with Gasteiger partial charge in [-0.05, 0) is 5.56 Å². The van der Waals surface area contributed by atoms with E-state index >= 15 is 0 Å². The molecule has 0 N–H and O–H groups in total. The first kappa shape index (κ1) is 12.0. The van der Waals surface area contributed by atoms with E-state index in [2.05, 4.69) is 0 Å². The highest BCUT2D eigenvalue weighted by molar-refractivity contribution is 5.76. The Labute approximate surface area is 100 Å². The molecule has 2 rings (SSSR count). The summed E-state index contributed by atoms with van der Waals surface area (Å²) in [5.74, 6) is -0.346. The van der Waals surface area contributed by atoms with Crippen LogP contribution in [-0.4, -0.2) is 36.7 Å². The predicted molar refractivity (Wildman–Crippen MR) is 62.2 cm³/mol. The lowest BCUT2D eigenvalue weighted by Crippen LogP contribution is -2.36. The Morgan fingerprint density at radius 2 is 2.18 bits per heavy atom. The Bertz CT molecular complexity index is 382. The number of rotatable bonds is 3. The second-order valence-electron chi connectivity index (χ2n) is 4.29. The summed E-state index contributed by atoms with van der Waals surface area (Å²) in [6.45, 7) is 0.885. The number of carbonyl (C=O) groups excluding carboxylic acids is 1. The van der Waals surface area contributed by atoms with E-state index in [-0.39, 0.29) is 12.4 Å². The quantitative estimate of drug-likeness (QED) is 0.750. The van der Waals surface area contributed by atoms with Crippen molar-refractivity contribution in [2.45, 2.75) is 25.2 Å². The molecule has 0 unspecified atom stereocenters. The molecule has 2 atom stereocenters.